The van der Waals surface area contributed by atoms with Crippen molar-refractivity contribution in [2.75, 3.05) is 19.6 Å². The van der Waals surface area contributed by atoms with E-state index in [9.17, 15) is 4.79 Å². The lowest BCUT2D eigenvalue weighted by Gasteiger charge is -2.40. The van der Waals surface area contributed by atoms with Gasteiger partial charge in [-0.15, -0.1) is 0 Å². The lowest BCUT2D eigenvalue weighted by atomic mass is 9.94. The molecule has 5 nitrogen and oxygen atoms in total. The van der Waals surface area contributed by atoms with Crippen molar-refractivity contribution in [2.45, 2.75) is 51.2 Å². The fourth-order valence-electron chi connectivity index (χ4n) is 4.52. The molecule has 2 fully saturated rings. The van der Waals surface area contributed by atoms with Crippen LogP contribution in [-0.4, -0.2) is 50.9 Å². The molecule has 2 aliphatic rings. The van der Waals surface area contributed by atoms with Crippen LogP contribution in [0, 0.1) is 5.92 Å². The third kappa shape index (κ3) is 4.59. The number of amides is 1. The highest BCUT2D eigenvalue weighted by atomic mass is 16.2. The van der Waals surface area contributed by atoms with Crippen LogP contribution >= 0.6 is 0 Å². The van der Waals surface area contributed by atoms with Crippen molar-refractivity contribution in [1.82, 2.24) is 19.4 Å². The number of likely N-dealkylation sites (tertiary alicyclic amines) is 2. The first-order valence-corrected chi connectivity index (χ1v) is 10.3. The van der Waals surface area contributed by atoms with Crippen LogP contribution < -0.4 is 0 Å². The summed E-state index contributed by atoms with van der Waals surface area (Å²) >= 11 is 0. The maximum absolute atomic E-state index is 13.2. The largest absolute Gasteiger partial charge is 0.341 e. The molecule has 27 heavy (non-hydrogen) atoms. The van der Waals surface area contributed by atoms with Gasteiger partial charge < -0.3 is 9.47 Å². The maximum atomic E-state index is 13.2. The number of carbonyl (C=O) groups is 1. The summed E-state index contributed by atoms with van der Waals surface area (Å²) in [6.07, 6.45) is 11.3. The Morgan fingerprint density at radius 3 is 2.59 bits per heavy atom. The molecule has 1 unspecified atom stereocenters. The van der Waals surface area contributed by atoms with Gasteiger partial charge in [-0.1, -0.05) is 36.8 Å². The molecule has 144 valence electrons. The Morgan fingerprint density at radius 2 is 1.85 bits per heavy atom. The molecular formula is C22H30N4O. The lowest BCUT2D eigenvalue weighted by molar-refractivity contribution is -0.140. The second kappa shape index (κ2) is 8.70. The van der Waals surface area contributed by atoms with Crippen LogP contribution in [0.2, 0.25) is 0 Å². The van der Waals surface area contributed by atoms with Crippen LogP contribution in [-0.2, 0) is 17.9 Å². The van der Waals surface area contributed by atoms with Crippen LogP contribution in [0.25, 0.3) is 0 Å². The molecule has 3 heterocycles. The number of hydrogen-bond acceptors (Lipinski definition) is 3. The Hall–Kier alpha value is -2.14. The van der Waals surface area contributed by atoms with Crippen molar-refractivity contribution in [1.29, 1.82) is 0 Å². The smallest absolute Gasteiger partial charge is 0.239 e. The first-order chi connectivity index (χ1) is 13.3. The van der Waals surface area contributed by atoms with E-state index in [4.69, 9.17) is 0 Å². The predicted molar refractivity (Wildman–Crippen MR) is 106 cm³/mol. The Bertz CT molecular complexity index is 707. The highest BCUT2D eigenvalue weighted by molar-refractivity contribution is 5.82. The number of piperidine rings is 2. The van der Waals surface area contributed by atoms with E-state index >= 15 is 0 Å². The van der Waals surface area contributed by atoms with Gasteiger partial charge in [0, 0.05) is 38.6 Å². The molecule has 0 aliphatic carbocycles. The van der Waals surface area contributed by atoms with Crippen molar-refractivity contribution in [3.8, 4) is 0 Å². The zero-order valence-electron chi connectivity index (χ0n) is 16.0. The number of carbonyl (C=O) groups excluding carboxylic acids is 1. The molecule has 1 amide bonds. The average molecular weight is 367 g/mol. The highest BCUT2D eigenvalue weighted by Crippen LogP contribution is 2.25. The second-order valence-corrected chi connectivity index (χ2v) is 8.00. The fourth-order valence-corrected chi connectivity index (χ4v) is 4.52. The van der Waals surface area contributed by atoms with Gasteiger partial charge in [-0.2, -0.15) is 0 Å². The Kier molecular flexibility index (Phi) is 5.87. The van der Waals surface area contributed by atoms with Gasteiger partial charge in [-0.3, -0.25) is 9.69 Å². The highest BCUT2D eigenvalue weighted by Gasteiger charge is 2.33. The molecule has 1 atom stereocenters. The monoisotopic (exact) mass is 366 g/mol. The summed E-state index contributed by atoms with van der Waals surface area (Å²) in [6.45, 7) is 4.73. The Morgan fingerprint density at radius 1 is 1.04 bits per heavy atom. The van der Waals surface area contributed by atoms with E-state index in [1.807, 2.05) is 18.7 Å². The van der Waals surface area contributed by atoms with Gasteiger partial charge in [-0.25, -0.2) is 4.98 Å². The summed E-state index contributed by atoms with van der Waals surface area (Å²) in [5, 5.41) is 0. The summed E-state index contributed by atoms with van der Waals surface area (Å²) in [5.41, 5.74) is 1.30. The fraction of sp³-hybridized carbons (Fsp3) is 0.545. The van der Waals surface area contributed by atoms with Crippen LogP contribution in [0.1, 0.15) is 37.7 Å². The zero-order valence-corrected chi connectivity index (χ0v) is 16.0. The number of imidazole rings is 1. The van der Waals surface area contributed by atoms with E-state index in [0.717, 1.165) is 52.0 Å². The van der Waals surface area contributed by atoms with Crippen LogP contribution in [0.15, 0.2) is 49.1 Å². The van der Waals surface area contributed by atoms with E-state index < -0.39 is 0 Å². The summed E-state index contributed by atoms with van der Waals surface area (Å²) in [7, 11) is 0. The van der Waals surface area contributed by atoms with Gasteiger partial charge in [0.15, 0.2) is 0 Å². The molecule has 0 N–H and O–H groups in total. The van der Waals surface area contributed by atoms with E-state index in [1.165, 1.54) is 18.4 Å². The van der Waals surface area contributed by atoms with Crippen LogP contribution in [0.3, 0.4) is 0 Å². The molecule has 0 saturated carbocycles. The summed E-state index contributed by atoms with van der Waals surface area (Å²) in [6, 6.07) is 10.6. The van der Waals surface area contributed by atoms with Gasteiger partial charge >= 0.3 is 0 Å². The van der Waals surface area contributed by atoms with Gasteiger partial charge in [0.05, 0.1) is 12.4 Å². The van der Waals surface area contributed by atoms with Gasteiger partial charge in [0.25, 0.3) is 0 Å². The Balaban J connectivity index is 1.33. The zero-order chi connectivity index (χ0) is 18.5. The molecule has 2 aliphatic heterocycles. The van der Waals surface area contributed by atoms with Crippen molar-refractivity contribution in [3.63, 3.8) is 0 Å². The van der Waals surface area contributed by atoms with Crippen molar-refractivity contribution < 1.29 is 4.79 Å². The first-order valence-electron chi connectivity index (χ1n) is 10.3. The topological polar surface area (TPSA) is 41.4 Å². The van der Waals surface area contributed by atoms with Crippen LogP contribution in [0.4, 0.5) is 0 Å². The molecule has 1 aromatic carbocycles. The molecule has 1 aromatic heterocycles. The third-order valence-electron chi connectivity index (χ3n) is 6.08. The van der Waals surface area contributed by atoms with Gasteiger partial charge in [0.1, 0.15) is 0 Å². The standard InChI is InChI=1S/C22H30N4O/c27-22(25-13-9-20(10-14-25)16-24-15-11-23-18-24)21-8-4-5-12-26(21)17-19-6-2-1-3-7-19/h1-3,6-7,11,15,18,20-21H,4-5,8-10,12-14,16-17H2. The molecule has 5 heteroatoms. The van der Waals surface area contributed by atoms with E-state index in [1.54, 1.807) is 0 Å². The number of nitrogens with zero attached hydrogens (tertiary/aromatic N) is 4. The molecule has 0 bridgehead atoms. The molecule has 4 rings (SSSR count). The quantitative estimate of drug-likeness (QED) is 0.816. The van der Waals surface area contributed by atoms with Crippen molar-refractivity contribution in [3.05, 3.63) is 54.6 Å². The van der Waals surface area contributed by atoms with Gasteiger partial charge in [-0.05, 0) is 43.7 Å². The number of rotatable bonds is 5. The number of benzene rings is 1. The minimum atomic E-state index is 0.0594. The van der Waals surface area contributed by atoms with E-state index in [2.05, 4.69) is 49.7 Å². The first kappa shape index (κ1) is 18.2. The SMILES string of the molecule is O=C(C1CCCCN1Cc1ccccc1)N1CCC(Cn2ccnc2)CC1. The molecular weight excluding hydrogens is 336 g/mol. The summed E-state index contributed by atoms with van der Waals surface area (Å²) in [5.74, 6) is 1.00. The summed E-state index contributed by atoms with van der Waals surface area (Å²) < 4.78 is 2.16. The van der Waals surface area contributed by atoms with E-state index in [-0.39, 0.29) is 6.04 Å². The van der Waals surface area contributed by atoms with Crippen molar-refractivity contribution >= 4 is 5.91 Å². The maximum Gasteiger partial charge on any atom is 0.239 e. The molecule has 2 saturated heterocycles. The molecule has 0 radical (unpaired) electrons. The lowest BCUT2D eigenvalue weighted by Crippen LogP contribution is -2.52. The predicted octanol–water partition coefficient (Wildman–Crippen LogP) is 3.18. The Labute approximate surface area is 162 Å². The normalized spacial score (nSPS) is 22.1. The number of aromatic nitrogens is 2. The third-order valence-corrected chi connectivity index (χ3v) is 6.08. The average Bonchev–Trinajstić information content (AvgIpc) is 3.22. The van der Waals surface area contributed by atoms with E-state index in [0.29, 0.717) is 11.8 Å². The molecule has 2 aromatic rings. The minimum absolute atomic E-state index is 0.0594. The van der Waals surface area contributed by atoms with Gasteiger partial charge in [0.2, 0.25) is 5.91 Å². The van der Waals surface area contributed by atoms with Crippen molar-refractivity contribution in [2.24, 2.45) is 5.92 Å². The minimum Gasteiger partial charge on any atom is -0.341 e. The molecule has 0 spiro atoms. The van der Waals surface area contributed by atoms with Crippen LogP contribution in [0.5, 0.6) is 0 Å². The second-order valence-electron chi connectivity index (χ2n) is 8.00. The number of hydrogen-bond donors (Lipinski definition) is 0. The summed E-state index contributed by atoms with van der Waals surface area (Å²) in [4.78, 5) is 21.9.